The molecule has 0 aliphatic rings. The first kappa shape index (κ1) is 14.4. The highest BCUT2D eigenvalue weighted by molar-refractivity contribution is 5.88. The number of aromatic nitrogens is 1. The number of fused-ring (bicyclic) bond motifs is 1. The molecule has 1 nitrogen and oxygen atoms in total. The van der Waals surface area contributed by atoms with Crippen molar-refractivity contribution in [1.29, 1.82) is 0 Å². The molecule has 5 heteroatoms. The molecule has 0 N–H and O–H groups in total. The second-order valence-electron chi connectivity index (χ2n) is 3.50. The first-order valence-electron chi connectivity index (χ1n) is 5.50. The Morgan fingerprint density at radius 1 is 1.00 bits per heavy atom. The van der Waals surface area contributed by atoms with Gasteiger partial charge in [-0.25, -0.2) is 4.39 Å². The van der Waals surface area contributed by atoms with Gasteiger partial charge in [0.25, 0.3) is 0 Å². The molecule has 0 radical (unpaired) electrons. The molecule has 1 aromatic carbocycles. The Hall–Kier alpha value is -1.65. The second kappa shape index (κ2) is 5.33. The summed E-state index contributed by atoms with van der Waals surface area (Å²) in [5.74, 6) is -0.894. The Morgan fingerprint density at radius 3 is 2.17 bits per heavy atom. The largest absolute Gasteiger partial charge is 0.417 e. The smallest absolute Gasteiger partial charge is 0.264 e. The zero-order valence-electron chi connectivity index (χ0n) is 10.3. The molecule has 0 unspecified atom stereocenters. The quantitative estimate of drug-likeness (QED) is 0.623. The van der Waals surface area contributed by atoms with Crippen LogP contribution >= 0.6 is 0 Å². The molecule has 0 aliphatic heterocycles. The summed E-state index contributed by atoms with van der Waals surface area (Å²) in [4.78, 5) is 3.69. The maximum atomic E-state index is 13.1. The topological polar surface area (TPSA) is 12.9 Å². The fraction of sp³-hybridized carbons (Fsp3) is 0.308. The van der Waals surface area contributed by atoms with Gasteiger partial charge in [0.2, 0.25) is 0 Å². The zero-order chi connectivity index (χ0) is 13.9. The minimum Gasteiger partial charge on any atom is -0.264 e. The van der Waals surface area contributed by atoms with Gasteiger partial charge >= 0.3 is 6.18 Å². The number of nitrogens with zero attached hydrogens (tertiary/aromatic N) is 1. The summed E-state index contributed by atoms with van der Waals surface area (Å²) in [7, 11) is 0. The van der Waals surface area contributed by atoms with Crippen LogP contribution in [0.5, 0.6) is 0 Å². The van der Waals surface area contributed by atoms with Crippen molar-refractivity contribution in [3.05, 3.63) is 41.5 Å². The van der Waals surface area contributed by atoms with Gasteiger partial charge < -0.3 is 0 Å². The van der Waals surface area contributed by atoms with E-state index in [4.69, 9.17) is 0 Å². The normalized spacial score (nSPS) is 11.1. The van der Waals surface area contributed by atoms with Crippen molar-refractivity contribution in [3.8, 4) is 0 Å². The predicted molar refractivity (Wildman–Crippen MR) is 62.8 cm³/mol. The number of aryl methyl sites for hydroxylation is 1. The monoisotopic (exact) mass is 259 g/mol. The lowest BCUT2D eigenvalue weighted by molar-refractivity contribution is -0.136. The summed E-state index contributed by atoms with van der Waals surface area (Å²) < 4.78 is 51.0. The van der Waals surface area contributed by atoms with Gasteiger partial charge in [-0.05, 0) is 30.0 Å². The van der Waals surface area contributed by atoms with Crippen LogP contribution in [0.4, 0.5) is 17.6 Å². The Kier molecular flexibility index (Phi) is 4.27. The first-order chi connectivity index (χ1) is 8.39. The van der Waals surface area contributed by atoms with Crippen molar-refractivity contribution < 1.29 is 17.6 Å². The third-order valence-corrected chi connectivity index (χ3v) is 2.35. The summed E-state index contributed by atoms with van der Waals surface area (Å²) in [6.07, 6.45) is -2.07. The van der Waals surface area contributed by atoms with Crippen molar-refractivity contribution in [2.45, 2.75) is 26.9 Å². The number of hydrogen-bond acceptors (Lipinski definition) is 1. The Labute approximate surface area is 102 Å². The van der Waals surface area contributed by atoms with Crippen molar-refractivity contribution in [2.75, 3.05) is 0 Å². The van der Waals surface area contributed by atoms with Gasteiger partial charge in [-0.2, -0.15) is 13.2 Å². The van der Waals surface area contributed by atoms with Crippen LogP contribution in [0.2, 0.25) is 0 Å². The van der Waals surface area contributed by atoms with Crippen LogP contribution in [-0.2, 0) is 6.18 Å². The number of halogens is 4. The minimum atomic E-state index is -4.57. The van der Waals surface area contributed by atoms with Gasteiger partial charge in [0.05, 0.1) is 5.56 Å². The molecule has 1 heterocycles. The van der Waals surface area contributed by atoms with Crippen molar-refractivity contribution in [3.63, 3.8) is 0 Å². The van der Waals surface area contributed by atoms with E-state index in [-0.39, 0.29) is 10.8 Å². The van der Waals surface area contributed by atoms with Crippen LogP contribution in [0, 0.1) is 12.7 Å². The van der Waals surface area contributed by atoms with Crippen LogP contribution in [0.15, 0.2) is 24.5 Å². The summed E-state index contributed by atoms with van der Waals surface area (Å²) in [6.45, 7) is 5.59. The third-order valence-electron chi connectivity index (χ3n) is 2.35. The van der Waals surface area contributed by atoms with Gasteiger partial charge in [-0.3, -0.25) is 4.98 Å². The number of alkyl halides is 3. The number of benzene rings is 1. The maximum absolute atomic E-state index is 13.1. The van der Waals surface area contributed by atoms with E-state index in [1.165, 1.54) is 6.20 Å². The second-order valence-corrected chi connectivity index (χ2v) is 3.50. The van der Waals surface area contributed by atoms with Gasteiger partial charge in [0, 0.05) is 17.8 Å². The summed E-state index contributed by atoms with van der Waals surface area (Å²) in [5.41, 5.74) is -0.471. The van der Waals surface area contributed by atoms with Crippen LogP contribution in [0.3, 0.4) is 0 Å². The van der Waals surface area contributed by atoms with E-state index in [9.17, 15) is 17.6 Å². The Balaban J connectivity index is 0.000000771. The molecular weight excluding hydrogens is 246 g/mol. The minimum absolute atomic E-state index is 0.0751. The molecule has 0 saturated carbocycles. The maximum Gasteiger partial charge on any atom is 0.417 e. The van der Waals surface area contributed by atoms with Crippen molar-refractivity contribution in [1.82, 2.24) is 4.98 Å². The van der Waals surface area contributed by atoms with Crippen molar-refractivity contribution in [2.24, 2.45) is 0 Å². The highest BCUT2D eigenvalue weighted by Crippen LogP contribution is 2.35. The van der Waals surface area contributed by atoms with E-state index in [0.717, 1.165) is 12.3 Å². The van der Waals surface area contributed by atoms with E-state index in [0.29, 0.717) is 11.6 Å². The number of pyridine rings is 1. The molecule has 2 rings (SSSR count). The average molecular weight is 259 g/mol. The van der Waals surface area contributed by atoms with E-state index < -0.39 is 17.6 Å². The van der Waals surface area contributed by atoms with Gasteiger partial charge in [0.1, 0.15) is 5.82 Å². The highest BCUT2D eigenvalue weighted by Gasteiger charge is 2.33. The van der Waals surface area contributed by atoms with E-state index in [1.807, 2.05) is 13.8 Å². The van der Waals surface area contributed by atoms with Crippen LogP contribution in [0.25, 0.3) is 10.8 Å². The molecule has 0 bridgehead atoms. The Bertz CT molecular complexity index is 546. The molecule has 0 fully saturated rings. The molecule has 0 atom stereocenters. The van der Waals surface area contributed by atoms with E-state index in [1.54, 1.807) is 6.92 Å². The average Bonchev–Trinajstić information content (AvgIpc) is 2.31. The third kappa shape index (κ3) is 2.78. The van der Waals surface area contributed by atoms with Crippen LogP contribution in [0.1, 0.15) is 25.0 Å². The van der Waals surface area contributed by atoms with Crippen LogP contribution < -0.4 is 0 Å². The summed E-state index contributed by atoms with van der Waals surface area (Å²) in [6, 6.07) is 1.57. The van der Waals surface area contributed by atoms with E-state index in [2.05, 4.69) is 4.98 Å². The number of hydrogen-bond donors (Lipinski definition) is 0. The highest BCUT2D eigenvalue weighted by atomic mass is 19.4. The predicted octanol–water partition coefficient (Wildman–Crippen LogP) is 4.73. The molecule has 0 amide bonds. The van der Waals surface area contributed by atoms with E-state index >= 15 is 0 Å². The fourth-order valence-electron chi connectivity index (χ4n) is 1.61. The zero-order valence-corrected chi connectivity index (χ0v) is 10.3. The lowest BCUT2D eigenvalue weighted by atomic mass is 10.0. The lowest BCUT2D eigenvalue weighted by Gasteiger charge is -2.11. The van der Waals surface area contributed by atoms with Gasteiger partial charge in [-0.15, -0.1) is 0 Å². The SMILES string of the molecule is CC.Cc1cncc2c(C(F)(F)F)cc(F)cc12. The van der Waals surface area contributed by atoms with Crippen LogP contribution in [-0.4, -0.2) is 4.98 Å². The summed E-state index contributed by atoms with van der Waals surface area (Å²) >= 11 is 0. The molecular formula is C13H13F4N. The molecule has 0 spiro atoms. The molecule has 0 saturated heterocycles. The Morgan fingerprint density at radius 2 is 1.61 bits per heavy atom. The molecule has 18 heavy (non-hydrogen) atoms. The molecule has 98 valence electrons. The molecule has 2 aromatic rings. The molecule has 1 aromatic heterocycles. The lowest BCUT2D eigenvalue weighted by Crippen LogP contribution is -2.07. The first-order valence-corrected chi connectivity index (χ1v) is 5.50. The number of rotatable bonds is 0. The van der Waals surface area contributed by atoms with Gasteiger partial charge in [-0.1, -0.05) is 13.8 Å². The molecule has 0 aliphatic carbocycles. The van der Waals surface area contributed by atoms with Gasteiger partial charge in [0.15, 0.2) is 0 Å². The van der Waals surface area contributed by atoms with Crippen molar-refractivity contribution >= 4 is 10.8 Å². The standard InChI is InChI=1S/C11H7F4N.C2H6/c1-6-4-16-5-9-8(6)2-7(12)3-10(9)11(13,14)15;1-2/h2-5H,1H3;1-2H3. The fourth-order valence-corrected chi connectivity index (χ4v) is 1.61. The summed E-state index contributed by atoms with van der Waals surface area (Å²) in [5, 5.41) is 0.163.